The van der Waals surface area contributed by atoms with Gasteiger partial charge in [-0.2, -0.15) is 0 Å². The highest BCUT2D eigenvalue weighted by Crippen LogP contribution is 2.25. The molecule has 1 saturated heterocycles. The lowest BCUT2D eigenvalue weighted by Gasteiger charge is -2.32. The lowest BCUT2D eigenvalue weighted by Crippen LogP contribution is -2.41. The second-order valence-corrected chi connectivity index (χ2v) is 6.73. The first-order valence-electron chi connectivity index (χ1n) is 9.23. The number of carbonyl (C=O) groups excluding carboxylic acids is 1. The molecule has 1 aliphatic rings. The third kappa shape index (κ3) is 5.92. The van der Waals surface area contributed by atoms with Crippen LogP contribution in [0.25, 0.3) is 0 Å². The second-order valence-electron chi connectivity index (χ2n) is 6.73. The normalized spacial score (nSPS) is 17.3. The molecule has 1 aromatic heterocycles. The number of nitrogens with one attached hydrogen (secondary N) is 1. The maximum Gasteiger partial charge on any atom is 0.257 e. The van der Waals surface area contributed by atoms with Crippen LogP contribution in [-0.4, -0.2) is 54.1 Å². The van der Waals surface area contributed by atoms with Crippen molar-refractivity contribution in [2.75, 3.05) is 33.4 Å². The number of aromatic nitrogens is 2. The summed E-state index contributed by atoms with van der Waals surface area (Å²) in [5, 5.41) is 2.99. The summed E-state index contributed by atoms with van der Waals surface area (Å²) in [4.78, 5) is 22.7. The fourth-order valence-electron chi connectivity index (χ4n) is 3.32. The number of nitrogens with zero attached hydrogens (tertiary/aromatic N) is 3. The molecule has 1 fully saturated rings. The van der Waals surface area contributed by atoms with Crippen LogP contribution in [0.1, 0.15) is 18.4 Å². The lowest BCUT2D eigenvalue weighted by atomic mass is 9.97. The summed E-state index contributed by atoms with van der Waals surface area (Å²) < 4.78 is 10.8. The van der Waals surface area contributed by atoms with Crippen LogP contribution in [0.2, 0.25) is 0 Å². The van der Waals surface area contributed by atoms with E-state index < -0.39 is 0 Å². The van der Waals surface area contributed by atoms with E-state index in [1.165, 1.54) is 0 Å². The van der Waals surface area contributed by atoms with Gasteiger partial charge in [-0.15, -0.1) is 0 Å². The monoisotopic (exact) mass is 370 g/mol. The number of methoxy groups -OCH3 is 1. The highest BCUT2D eigenvalue weighted by molar-refractivity contribution is 5.77. The van der Waals surface area contributed by atoms with Crippen molar-refractivity contribution in [3.05, 3.63) is 48.5 Å². The molecule has 0 radical (unpaired) electrons. The van der Waals surface area contributed by atoms with Gasteiger partial charge in [0.05, 0.1) is 7.11 Å². The predicted octanol–water partition coefficient (Wildman–Crippen LogP) is 1.89. The van der Waals surface area contributed by atoms with Crippen molar-refractivity contribution in [2.24, 2.45) is 5.92 Å². The molecule has 0 saturated carbocycles. The van der Waals surface area contributed by atoms with E-state index in [9.17, 15) is 4.79 Å². The SMILES string of the molecule is COc1ccccc1OCC(=O)NC[C@H]1CCCN(Cc2cncnc2)C1. The molecular formula is C20H26N4O3. The molecule has 1 N–H and O–H groups in total. The minimum atomic E-state index is -0.116. The number of amides is 1. The van der Waals surface area contributed by atoms with Gasteiger partial charge >= 0.3 is 0 Å². The summed E-state index contributed by atoms with van der Waals surface area (Å²) in [5.74, 6) is 1.52. The van der Waals surface area contributed by atoms with E-state index in [4.69, 9.17) is 9.47 Å². The van der Waals surface area contributed by atoms with Gasteiger partial charge in [0.15, 0.2) is 18.1 Å². The largest absolute Gasteiger partial charge is 0.493 e. The number of piperidine rings is 1. The number of likely N-dealkylation sites (tertiary alicyclic amines) is 1. The standard InChI is InChI=1S/C20H26N4O3/c1-26-18-6-2-3-7-19(18)27-14-20(25)23-11-16-5-4-8-24(12-16)13-17-9-21-15-22-10-17/h2-3,6-7,9-10,15-16H,4-5,8,11-14H2,1H3,(H,23,25)/t16-/m1/s1. The number of carbonyl (C=O) groups is 1. The van der Waals surface area contributed by atoms with E-state index in [1.54, 1.807) is 19.5 Å². The molecule has 2 aromatic rings. The number of ether oxygens (including phenoxy) is 2. The summed E-state index contributed by atoms with van der Waals surface area (Å²) in [6, 6.07) is 7.31. The Morgan fingerprint density at radius 1 is 1.26 bits per heavy atom. The minimum absolute atomic E-state index is 0.0157. The van der Waals surface area contributed by atoms with E-state index in [2.05, 4.69) is 20.2 Å². The van der Waals surface area contributed by atoms with Crippen molar-refractivity contribution in [3.63, 3.8) is 0 Å². The Kier molecular flexibility index (Phi) is 6.98. The summed E-state index contributed by atoms with van der Waals surface area (Å²) in [6.07, 6.45) is 7.51. The molecule has 0 unspecified atom stereocenters. The van der Waals surface area contributed by atoms with Gasteiger partial charge in [-0.05, 0) is 37.4 Å². The molecule has 7 heteroatoms. The third-order valence-electron chi connectivity index (χ3n) is 4.64. The van der Waals surface area contributed by atoms with Crippen molar-refractivity contribution >= 4 is 5.91 Å². The summed E-state index contributed by atoms with van der Waals surface area (Å²) in [5.41, 5.74) is 1.12. The molecule has 1 aliphatic heterocycles. The highest BCUT2D eigenvalue weighted by atomic mass is 16.5. The molecule has 1 aromatic carbocycles. The first-order valence-corrected chi connectivity index (χ1v) is 9.23. The van der Waals surface area contributed by atoms with Gasteiger partial charge in [0.25, 0.3) is 5.91 Å². The van der Waals surface area contributed by atoms with Crippen LogP contribution in [0.3, 0.4) is 0 Å². The number of benzene rings is 1. The summed E-state index contributed by atoms with van der Waals surface area (Å²) >= 11 is 0. The van der Waals surface area contributed by atoms with Crippen LogP contribution in [0.5, 0.6) is 11.5 Å². The highest BCUT2D eigenvalue weighted by Gasteiger charge is 2.20. The lowest BCUT2D eigenvalue weighted by molar-refractivity contribution is -0.123. The Bertz CT molecular complexity index is 726. The van der Waals surface area contributed by atoms with Gasteiger partial charge in [0.2, 0.25) is 0 Å². The first kappa shape index (κ1) is 19.1. The zero-order chi connectivity index (χ0) is 18.9. The van der Waals surface area contributed by atoms with E-state index in [-0.39, 0.29) is 12.5 Å². The fraction of sp³-hybridized carbons (Fsp3) is 0.450. The van der Waals surface area contributed by atoms with Crippen molar-refractivity contribution in [1.82, 2.24) is 20.2 Å². The number of rotatable bonds is 8. The first-order chi connectivity index (χ1) is 13.2. The van der Waals surface area contributed by atoms with E-state index in [0.717, 1.165) is 38.0 Å². The molecule has 7 nitrogen and oxygen atoms in total. The molecule has 1 amide bonds. The van der Waals surface area contributed by atoms with Crippen LogP contribution in [0, 0.1) is 5.92 Å². The molecule has 2 heterocycles. The van der Waals surface area contributed by atoms with Gasteiger partial charge in [-0.3, -0.25) is 9.69 Å². The minimum Gasteiger partial charge on any atom is -0.493 e. The maximum absolute atomic E-state index is 12.1. The Hall–Kier alpha value is -2.67. The van der Waals surface area contributed by atoms with Crippen LogP contribution in [0.4, 0.5) is 0 Å². The van der Waals surface area contributed by atoms with Crippen molar-refractivity contribution < 1.29 is 14.3 Å². The van der Waals surface area contributed by atoms with Crippen molar-refractivity contribution in [3.8, 4) is 11.5 Å². The Morgan fingerprint density at radius 3 is 2.81 bits per heavy atom. The van der Waals surface area contributed by atoms with Gasteiger partial charge in [0, 0.05) is 37.6 Å². The van der Waals surface area contributed by atoms with E-state index in [0.29, 0.717) is 24.0 Å². The summed E-state index contributed by atoms with van der Waals surface area (Å²) in [6.45, 7) is 3.52. The van der Waals surface area contributed by atoms with Crippen molar-refractivity contribution in [1.29, 1.82) is 0 Å². The van der Waals surface area contributed by atoms with E-state index >= 15 is 0 Å². The molecule has 27 heavy (non-hydrogen) atoms. The average molecular weight is 370 g/mol. The van der Waals surface area contributed by atoms with Gasteiger partial charge in [0.1, 0.15) is 6.33 Å². The third-order valence-corrected chi connectivity index (χ3v) is 4.64. The smallest absolute Gasteiger partial charge is 0.257 e. The molecule has 144 valence electrons. The molecule has 0 spiro atoms. The number of hydrogen-bond acceptors (Lipinski definition) is 6. The second kappa shape index (κ2) is 9.87. The predicted molar refractivity (Wildman–Crippen MR) is 102 cm³/mol. The molecule has 0 bridgehead atoms. The zero-order valence-corrected chi connectivity index (χ0v) is 15.6. The summed E-state index contributed by atoms with van der Waals surface area (Å²) in [7, 11) is 1.58. The van der Waals surface area contributed by atoms with Crippen LogP contribution in [0.15, 0.2) is 43.0 Å². The van der Waals surface area contributed by atoms with Crippen LogP contribution < -0.4 is 14.8 Å². The topological polar surface area (TPSA) is 76.6 Å². The van der Waals surface area contributed by atoms with Crippen LogP contribution in [-0.2, 0) is 11.3 Å². The maximum atomic E-state index is 12.1. The Labute approximate surface area is 159 Å². The fourth-order valence-corrected chi connectivity index (χ4v) is 3.32. The van der Waals surface area contributed by atoms with Gasteiger partial charge in [-0.25, -0.2) is 9.97 Å². The van der Waals surface area contributed by atoms with Crippen LogP contribution >= 0.6 is 0 Å². The van der Waals surface area contributed by atoms with Crippen molar-refractivity contribution in [2.45, 2.75) is 19.4 Å². The molecule has 0 aliphatic carbocycles. The Morgan fingerprint density at radius 2 is 2.04 bits per heavy atom. The molecular weight excluding hydrogens is 344 g/mol. The molecule has 3 rings (SSSR count). The van der Waals surface area contributed by atoms with Gasteiger partial charge in [-0.1, -0.05) is 12.1 Å². The average Bonchev–Trinajstić information content (AvgIpc) is 2.72. The van der Waals surface area contributed by atoms with Gasteiger partial charge < -0.3 is 14.8 Å². The molecule has 1 atom stereocenters. The van der Waals surface area contributed by atoms with E-state index in [1.807, 2.05) is 30.6 Å². The Balaban J connectivity index is 1.40. The number of hydrogen-bond donors (Lipinski definition) is 1. The number of para-hydroxylation sites is 2. The quantitative estimate of drug-likeness (QED) is 0.765. The zero-order valence-electron chi connectivity index (χ0n) is 15.6.